The van der Waals surface area contributed by atoms with Crippen LogP contribution in [0, 0.1) is 0 Å². The summed E-state index contributed by atoms with van der Waals surface area (Å²) in [5, 5.41) is 5.84. The van der Waals surface area contributed by atoms with Crippen LogP contribution in [0.1, 0.15) is 10.4 Å². The van der Waals surface area contributed by atoms with Gasteiger partial charge in [0.1, 0.15) is 17.2 Å². The monoisotopic (exact) mass is 440 g/mol. The van der Waals surface area contributed by atoms with E-state index in [0.29, 0.717) is 33.5 Å². The fourth-order valence-electron chi connectivity index (χ4n) is 2.79. The van der Waals surface area contributed by atoms with Gasteiger partial charge in [0.15, 0.2) is 6.61 Å². The van der Waals surface area contributed by atoms with Crippen molar-refractivity contribution in [2.75, 3.05) is 31.5 Å². The van der Waals surface area contributed by atoms with Crippen molar-refractivity contribution in [3.63, 3.8) is 0 Å². The number of ether oxygens (including phenoxy) is 3. The third kappa shape index (κ3) is 5.67. The number of para-hydroxylation sites is 2. The van der Waals surface area contributed by atoms with Crippen LogP contribution in [0.4, 0.5) is 11.4 Å². The number of carbonyl (C=O) groups excluding carboxylic acids is 2. The number of benzene rings is 3. The molecule has 0 aromatic heterocycles. The number of hydrogen-bond acceptors (Lipinski definition) is 5. The summed E-state index contributed by atoms with van der Waals surface area (Å²) >= 11 is 6.08. The third-order valence-electron chi connectivity index (χ3n) is 4.27. The van der Waals surface area contributed by atoms with Gasteiger partial charge in [-0.3, -0.25) is 9.59 Å². The molecule has 0 unspecified atom stereocenters. The molecule has 3 aromatic rings. The first-order chi connectivity index (χ1) is 15.0. The molecule has 0 atom stereocenters. The van der Waals surface area contributed by atoms with Crippen molar-refractivity contribution in [1.29, 1.82) is 0 Å². The van der Waals surface area contributed by atoms with E-state index in [1.54, 1.807) is 48.5 Å². The van der Waals surface area contributed by atoms with E-state index < -0.39 is 5.91 Å². The van der Waals surface area contributed by atoms with Gasteiger partial charge in [0, 0.05) is 17.8 Å². The molecular weight excluding hydrogens is 420 g/mol. The maximum atomic E-state index is 12.6. The molecule has 160 valence electrons. The summed E-state index contributed by atoms with van der Waals surface area (Å²) in [6.07, 6.45) is 0. The van der Waals surface area contributed by atoms with Gasteiger partial charge in [0.2, 0.25) is 0 Å². The molecule has 31 heavy (non-hydrogen) atoms. The molecule has 0 aliphatic carbocycles. The van der Waals surface area contributed by atoms with Gasteiger partial charge in [0.05, 0.1) is 30.5 Å². The Kier molecular flexibility index (Phi) is 7.35. The van der Waals surface area contributed by atoms with Crippen LogP contribution in [0.15, 0.2) is 66.7 Å². The van der Waals surface area contributed by atoms with Gasteiger partial charge in [-0.25, -0.2) is 0 Å². The van der Waals surface area contributed by atoms with E-state index in [2.05, 4.69) is 10.6 Å². The molecule has 0 radical (unpaired) electrons. The number of carbonyl (C=O) groups is 2. The topological polar surface area (TPSA) is 85.9 Å². The summed E-state index contributed by atoms with van der Waals surface area (Å²) in [6.45, 7) is -0.316. The predicted molar refractivity (Wildman–Crippen MR) is 120 cm³/mol. The van der Waals surface area contributed by atoms with Gasteiger partial charge >= 0.3 is 0 Å². The SMILES string of the molecule is COc1cc(NC(=O)COc2ccccc2C(=O)Nc2ccccc2)c(OC)cc1Cl. The van der Waals surface area contributed by atoms with Crippen LogP contribution >= 0.6 is 11.6 Å². The van der Waals surface area contributed by atoms with Crippen molar-refractivity contribution in [1.82, 2.24) is 0 Å². The lowest BCUT2D eigenvalue weighted by molar-refractivity contribution is -0.118. The molecule has 7 nitrogen and oxygen atoms in total. The van der Waals surface area contributed by atoms with E-state index in [0.717, 1.165) is 0 Å². The molecule has 3 rings (SSSR count). The number of methoxy groups -OCH3 is 2. The van der Waals surface area contributed by atoms with Gasteiger partial charge in [-0.05, 0) is 24.3 Å². The number of rotatable bonds is 8. The van der Waals surface area contributed by atoms with E-state index in [4.69, 9.17) is 25.8 Å². The van der Waals surface area contributed by atoms with E-state index in [1.165, 1.54) is 14.2 Å². The number of nitrogens with one attached hydrogen (secondary N) is 2. The van der Waals surface area contributed by atoms with Gasteiger partial charge in [0.25, 0.3) is 11.8 Å². The van der Waals surface area contributed by atoms with E-state index in [1.807, 2.05) is 18.2 Å². The summed E-state index contributed by atoms with van der Waals surface area (Å²) in [5.74, 6) is 0.266. The van der Waals surface area contributed by atoms with Crippen molar-refractivity contribution in [3.05, 3.63) is 77.3 Å². The zero-order chi connectivity index (χ0) is 22.2. The maximum Gasteiger partial charge on any atom is 0.262 e. The highest BCUT2D eigenvalue weighted by atomic mass is 35.5. The minimum absolute atomic E-state index is 0.284. The predicted octanol–water partition coefficient (Wildman–Crippen LogP) is 4.63. The van der Waals surface area contributed by atoms with Gasteiger partial charge < -0.3 is 24.8 Å². The minimum atomic E-state index is -0.444. The number of halogens is 1. The lowest BCUT2D eigenvalue weighted by atomic mass is 10.2. The molecule has 0 fully saturated rings. The van der Waals surface area contributed by atoms with Crippen LogP contribution in [-0.4, -0.2) is 32.6 Å². The first kappa shape index (κ1) is 22.0. The Bertz CT molecular complexity index is 1070. The Hall–Kier alpha value is -3.71. The van der Waals surface area contributed by atoms with E-state index >= 15 is 0 Å². The largest absolute Gasteiger partial charge is 0.495 e. The van der Waals surface area contributed by atoms with Crippen LogP contribution in [0.3, 0.4) is 0 Å². The highest BCUT2D eigenvalue weighted by Gasteiger charge is 2.16. The second kappa shape index (κ2) is 10.4. The van der Waals surface area contributed by atoms with Crippen LogP contribution in [-0.2, 0) is 4.79 Å². The molecule has 0 saturated carbocycles. The Morgan fingerprint density at radius 3 is 2.23 bits per heavy atom. The molecular formula is C23H21ClN2O5. The first-order valence-corrected chi connectivity index (χ1v) is 9.69. The van der Waals surface area contributed by atoms with Crippen LogP contribution in [0.2, 0.25) is 5.02 Å². The normalized spacial score (nSPS) is 10.2. The van der Waals surface area contributed by atoms with Crippen molar-refractivity contribution in [2.24, 2.45) is 0 Å². The van der Waals surface area contributed by atoms with Crippen LogP contribution in [0.5, 0.6) is 17.2 Å². The molecule has 0 aliphatic heterocycles. The summed E-state index contributed by atoms with van der Waals surface area (Å²) in [7, 11) is 2.94. The summed E-state index contributed by atoms with van der Waals surface area (Å²) in [5.41, 5.74) is 1.35. The molecule has 0 spiro atoms. The summed E-state index contributed by atoms with van der Waals surface area (Å²) in [4.78, 5) is 25.1. The highest BCUT2D eigenvalue weighted by Crippen LogP contribution is 2.35. The van der Waals surface area contributed by atoms with E-state index in [-0.39, 0.29) is 18.3 Å². The van der Waals surface area contributed by atoms with Crippen LogP contribution in [0.25, 0.3) is 0 Å². The van der Waals surface area contributed by atoms with E-state index in [9.17, 15) is 9.59 Å². The standard InChI is InChI=1S/C23H21ClN2O5/c1-29-20-13-18(21(30-2)12-17(20)24)26-22(27)14-31-19-11-7-6-10-16(19)23(28)25-15-8-4-3-5-9-15/h3-13H,14H2,1-2H3,(H,25,28)(H,26,27). The maximum absolute atomic E-state index is 12.6. The van der Waals surface area contributed by atoms with Crippen LogP contribution < -0.4 is 24.8 Å². The van der Waals surface area contributed by atoms with Gasteiger partial charge in [-0.15, -0.1) is 0 Å². The lowest BCUT2D eigenvalue weighted by Gasteiger charge is -2.14. The molecule has 2 amide bonds. The van der Waals surface area contributed by atoms with Crippen molar-refractivity contribution in [3.8, 4) is 17.2 Å². The molecule has 8 heteroatoms. The summed E-state index contributed by atoms with van der Waals surface area (Å²) in [6, 6.07) is 18.8. The van der Waals surface area contributed by atoms with Gasteiger partial charge in [-0.2, -0.15) is 0 Å². The third-order valence-corrected chi connectivity index (χ3v) is 4.57. The first-order valence-electron chi connectivity index (χ1n) is 9.31. The molecule has 0 saturated heterocycles. The fourth-order valence-corrected chi connectivity index (χ4v) is 3.02. The number of hydrogen-bond donors (Lipinski definition) is 2. The van der Waals surface area contributed by atoms with Crippen molar-refractivity contribution < 1.29 is 23.8 Å². The number of amides is 2. The second-order valence-electron chi connectivity index (χ2n) is 6.34. The Balaban J connectivity index is 1.68. The molecule has 3 aromatic carbocycles. The highest BCUT2D eigenvalue weighted by molar-refractivity contribution is 6.32. The fraction of sp³-hybridized carbons (Fsp3) is 0.130. The Labute approximate surface area is 184 Å². The molecule has 2 N–H and O–H groups in total. The minimum Gasteiger partial charge on any atom is -0.495 e. The Morgan fingerprint density at radius 1 is 0.839 bits per heavy atom. The summed E-state index contributed by atoms with van der Waals surface area (Å²) < 4.78 is 16.0. The second-order valence-corrected chi connectivity index (χ2v) is 6.75. The smallest absolute Gasteiger partial charge is 0.262 e. The quantitative estimate of drug-likeness (QED) is 0.533. The average molecular weight is 441 g/mol. The zero-order valence-electron chi connectivity index (χ0n) is 17.0. The van der Waals surface area contributed by atoms with Crippen molar-refractivity contribution in [2.45, 2.75) is 0 Å². The number of anilines is 2. The molecule has 0 aliphatic rings. The molecule has 0 bridgehead atoms. The average Bonchev–Trinajstić information content (AvgIpc) is 2.79. The van der Waals surface area contributed by atoms with Crippen molar-refractivity contribution >= 4 is 34.8 Å². The molecule has 0 heterocycles. The zero-order valence-corrected chi connectivity index (χ0v) is 17.7. The lowest BCUT2D eigenvalue weighted by Crippen LogP contribution is -2.22. The Morgan fingerprint density at radius 2 is 1.52 bits per heavy atom. The van der Waals surface area contributed by atoms with Gasteiger partial charge in [-0.1, -0.05) is 41.9 Å².